The fourth-order valence-corrected chi connectivity index (χ4v) is 2.72. The summed E-state index contributed by atoms with van der Waals surface area (Å²) in [6, 6.07) is 8.58. The normalized spacial score (nSPS) is 12.2. The second-order valence-corrected chi connectivity index (χ2v) is 5.87. The van der Waals surface area contributed by atoms with E-state index < -0.39 is 0 Å². The smallest absolute Gasteiger partial charge is 0.221 e. The lowest BCUT2D eigenvalue weighted by molar-refractivity contribution is -0.114. The Bertz CT molecular complexity index is 378. The van der Waals surface area contributed by atoms with Crippen LogP contribution in [0, 0.1) is 0 Å². The minimum atomic E-state index is -0.0313. The van der Waals surface area contributed by atoms with Crippen molar-refractivity contribution in [1.29, 1.82) is 0 Å². The number of nitrogens with one attached hydrogen (secondary N) is 2. The van der Waals surface area contributed by atoms with Crippen molar-refractivity contribution in [1.82, 2.24) is 5.32 Å². The summed E-state index contributed by atoms with van der Waals surface area (Å²) in [5.74, 6) is 1.08. The van der Waals surface area contributed by atoms with Gasteiger partial charge in [0, 0.05) is 23.5 Å². The van der Waals surface area contributed by atoms with Crippen LogP contribution >= 0.6 is 11.8 Å². The van der Waals surface area contributed by atoms with Gasteiger partial charge in [0.1, 0.15) is 0 Å². The third kappa shape index (κ3) is 7.23. The molecule has 1 aromatic rings. The van der Waals surface area contributed by atoms with E-state index in [1.807, 2.05) is 23.9 Å². The van der Waals surface area contributed by atoms with E-state index in [-0.39, 0.29) is 5.91 Å². The topological polar surface area (TPSA) is 41.1 Å². The van der Waals surface area contributed by atoms with Crippen LogP contribution in [0.1, 0.15) is 33.6 Å². The van der Waals surface area contributed by atoms with Crippen LogP contribution in [-0.4, -0.2) is 24.2 Å². The Kier molecular flexibility index (Phi) is 7.60. The maximum atomic E-state index is 10.9. The summed E-state index contributed by atoms with van der Waals surface area (Å²) in [6.45, 7) is 7.03. The maximum Gasteiger partial charge on any atom is 0.221 e. The number of thioether (sulfide) groups is 1. The molecule has 0 aliphatic carbocycles. The highest BCUT2D eigenvalue weighted by Gasteiger charge is 2.01. The van der Waals surface area contributed by atoms with Crippen molar-refractivity contribution in [3.8, 4) is 0 Å². The predicted molar refractivity (Wildman–Crippen MR) is 83.8 cm³/mol. The first-order valence-corrected chi connectivity index (χ1v) is 7.84. The van der Waals surface area contributed by atoms with Crippen LogP contribution in [-0.2, 0) is 4.79 Å². The Balaban J connectivity index is 2.27. The highest BCUT2D eigenvalue weighted by atomic mass is 32.2. The largest absolute Gasteiger partial charge is 0.326 e. The number of anilines is 1. The van der Waals surface area contributed by atoms with Crippen LogP contribution in [0.3, 0.4) is 0 Å². The van der Waals surface area contributed by atoms with Gasteiger partial charge in [0.2, 0.25) is 5.91 Å². The molecule has 0 spiro atoms. The summed E-state index contributed by atoms with van der Waals surface area (Å²) in [7, 11) is 0. The molecule has 0 aliphatic rings. The van der Waals surface area contributed by atoms with Gasteiger partial charge in [-0.2, -0.15) is 0 Å². The fourth-order valence-electron chi connectivity index (χ4n) is 1.68. The lowest BCUT2D eigenvalue weighted by atomic mass is 10.2. The van der Waals surface area contributed by atoms with Crippen LogP contribution < -0.4 is 10.6 Å². The summed E-state index contributed by atoms with van der Waals surface area (Å²) >= 11 is 1.86. The van der Waals surface area contributed by atoms with Crippen molar-refractivity contribution in [2.75, 3.05) is 17.6 Å². The molecule has 1 atom stereocenters. The molecule has 0 bridgehead atoms. The van der Waals surface area contributed by atoms with E-state index in [1.54, 1.807) is 0 Å². The number of carbonyl (C=O) groups is 1. The SMILES string of the molecule is CCCNC(C)CCSc1ccc(NC(C)=O)cc1. The number of rotatable bonds is 8. The summed E-state index contributed by atoms with van der Waals surface area (Å²) in [5.41, 5.74) is 0.856. The summed E-state index contributed by atoms with van der Waals surface area (Å²) in [6.07, 6.45) is 2.35. The van der Waals surface area contributed by atoms with E-state index >= 15 is 0 Å². The summed E-state index contributed by atoms with van der Waals surface area (Å²) in [4.78, 5) is 12.2. The zero-order valence-electron chi connectivity index (χ0n) is 12.0. The van der Waals surface area contributed by atoms with Gasteiger partial charge >= 0.3 is 0 Å². The number of benzene rings is 1. The Labute approximate surface area is 120 Å². The van der Waals surface area contributed by atoms with Gasteiger partial charge in [-0.3, -0.25) is 4.79 Å². The fraction of sp³-hybridized carbons (Fsp3) is 0.533. The van der Waals surface area contributed by atoms with E-state index in [1.165, 1.54) is 18.2 Å². The predicted octanol–water partition coefficient (Wildman–Crippen LogP) is 3.52. The summed E-state index contributed by atoms with van der Waals surface area (Å²) < 4.78 is 0. The Hall–Kier alpha value is -1.00. The number of amides is 1. The molecule has 0 radical (unpaired) electrons. The minimum absolute atomic E-state index is 0.0313. The van der Waals surface area contributed by atoms with Crippen LogP contribution in [0.4, 0.5) is 5.69 Å². The van der Waals surface area contributed by atoms with E-state index in [2.05, 4.69) is 36.6 Å². The van der Waals surface area contributed by atoms with Crippen molar-refractivity contribution in [2.24, 2.45) is 0 Å². The second-order valence-electron chi connectivity index (χ2n) is 4.70. The first kappa shape index (κ1) is 16.1. The molecule has 1 unspecified atom stereocenters. The maximum absolute atomic E-state index is 10.9. The zero-order chi connectivity index (χ0) is 14.1. The molecule has 4 heteroatoms. The molecule has 0 saturated carbocycles. The Morgan fingerprint density at radius 3 is 2.58 bits per heavy atom. The van der Waals surface area contributed by atoms with Crippen LogP contribution in [0.15, 0.2) is 29.2 Å². The highest BCUT2D eigenvalue weighted by molar-refractivity contribution is 7.99. The molecule has 0 fully saturated rings. The van der Waals surface area contributed by atoms with Gasteiger partial charge in [-0.1, -0.05) is 6.92 Å². The molecule has 3 nitrogen and oxygen atoms in total. The first-order chi connectivity index (χ1) is 9.11. The van der Waals surface area contributed by atoms with Gasteiger partial charge in [0.15, 0.2) is 0 Å². The van der Waals surface area contributed by atoms with Crippen molar-refractivity contribution >= 4 is 23.4 Å². The van der Waals surface area contributed by atoms with Gasteiger partial charge in [-0.15, -0.1) is 11.8 Å². The quantitative estimate of drug-likeness (QED) is 0.716. The molecular weight excluding hydrogens is 256 g/mol. The molecule has 1 aromatic carbocycles. The van der Waals surface area contributed by atoms with Gasteiger partial charge in [0.05, 0.1) is 0 Å². The van der Waals surface area contributed by atoms with E-state index in [9.17, 15) is 4.79 Å². The Morgan fingerprint density at radius 2 is 2.00 bits per heavy atom. The number of hydrogen-bond donors (Lipinski definition) is 2. The minimum Gasteiger partial charge on any atom is -0.326 e. The van der Waals surface area contributed by atoms with Gasteiger partial charge in [-0.25, -0.2) is 0 Å². The standard InChI is InChI=1S/C15H24N2OS/c1-4-10-16-12(2)9-11-19-15-7-5-14(6-8-15)17-13(3)18/h5-8,12,16H,4,9-11H2,1-3H3,(H,17,18). The second kappa shape index (κ2) is 8.99. The first-order valence-electron chi connectivity index (χ1n) is 6.85. The molecule has 106 valence electrons. The van der Waals surface area contributed by atoms with Crippen molar-refractivity contribution < 1.29 is 4.79 Å². The monoisotopic (exact) mass is 280 g/mol. The van der Waals surface area contributed by atoms with Crippen LogP contribution in [0.2, 0.25) is 0 Å². The average molecular weight is 280 g/mol. The molecule has 19 heavy (non-hydrogen) atoms. The Morgan fingerprint density at radius 1 is 1.32 bits per heavy atom. The van der Waals surface area contributed by atoms with E-state index in [4.69, 9.17) is 0 Å². The van der Waals surface area contributed by atoms with Gasteiger partial charge in [-0.05, 0) is 56.3 Å². The molecule has 0 aromatic heterocycles. The molecule has 0 saturated heterocycles. The van der Waals surface area contributed by atoms with E-state index in [0.717, 1.165) is 24.4 Å². The van der Waals surface area contributed by atoms with Crippen LogP contribution in [0.5, 0.6) is 0 Å². The highest BCUT2D eigenvalue weighted by Crippen LogP contribution is 2.21. The lowest BCUT2D eigenvalue weighted by Crippen LogP contribution is -2.27. The molecule has 2 N–H and O–H groups in total. The van der Waals surface area contributed by atoms with Gasteiger partial charge < -0.3 is 10.6 Å². The summed E-state index contributed by atoms with van der Waals surface area (Å²) in [5, 5.41) is 6.26. The average Bonchev–Trinajstić information content (AvgIpc) is 2.38. The van der Waals surface area contributed by atoms with Gasteiger partial charge in [0.25, 0.3) is 0 Å². The zero-order valence-corrected chi connectivity index (χ0v) is 12.8. The van der Waals surface area contributed by atoms with E-state index in [0.29, 0.717) is 6.04 Å². The van der Waals surface area contributed by atoms with Crippen LogP contribution in [0.25, 0.3) is 0 Å². The molecule has 0 heterocycles. The molecule has 1 amide bonds. The lowest BCUT2D eigenvalue weighted by Gasteiger charge is -2.12. The molecule has 0 aliphatic heterocycles. The molecular formula is C15H24N2OS. The third-order valence-electron chi connectivity index (χ3n) is 2.74. The van der Waals surface area contributed by atoms with Crippen molar-refractivity contribution in [3.05, 3.63) is 24.3 Å². The van der Waals surface area contributed by atoms with Crippen molar-refractivity contribution in [3.63, 3.8) is 0 Å². The molecule has 1 rings (SSSR count). The third-order valence-corrected chi connectivity index (χ3v) is 3.78. The van der Waals surface area contributed by atoms with Crippen molar-refractivity contribution in [2.45, 2.75) is 44.6 Å². The number of hydrogen-bond acceptors (Lipinski definition) is 3. The number of carbonyl (C=O) groups excluding carboxylic acids is 1.